The molecule has 14 heavy (non-hydrogen) atoms. The smallest absolute Gasteiger partial charge is 0.0107 e. The summed E-state index contributed by atoms with van der Waals surface area (Å²) in [5, 5.41) is 3.40. The molecule has 0 radical (unpaired) electrons. The quantitative estimate of drug-likeness (QED) is 0.728. The van der Waals surface area contributed by atoms with Gasteiger partial charge in [-0.3, -0.25) is 0 Å². The van der Waals surface area contributed by atoms with Gasteiger partial charge in [0, 0.05) is 26.2 Å². The van der Waals surface area contributed by atoms with E-state index in [0.717, 1.165) is 0 Å². The SMILES string of the molecule is CCCC(C)(C)CCN1CCNCC1. The third kappa shape index (κ3) is 4.43. The molecule has 0 aromatic rings. The number of nitrogens with zero attached hydrogens (tertiary/aromatic N) is 1. The fourth-order valence-electron chi connectivity index (χ4n) is 2.20. The van der Waals surface area contributed by atoms with Crippen LogP contribution in [0.5, 0.6) is 0 Å². The Hall–Kier alpha value is -0.0800. The van der Waals surface area contributed by atoms with Gasteiger partial charge in [0.25, 0.3) is 0 Å². The Morgan fingerprint density at radius 3 is 2.36 bits per heavy atom. The monoisotopic (exact) mass is 198 g/mol. The number of nitrogens with one attached hydrogen (secondary N) is 1. The molecule has 1 N–H and O–H groups in total. The summed E-state index contributed by atoms with van der Waals surface area (Å²) in [4.78, 5) is 2.59. The maximum absolute atomic E-state index is 3.40. The van der Waals surface area contributed by atoms with Crippen LogP contribution in [0.3, 0.4) is 0 Å². The van der Waals surface area contributed by atoms with Crippen molar-refractivity contribution in [1.82, 2.24) is 10.2 Å². The summed E-state index contributed by atoms with van der Waals surface area (Å²) in [6.07, 6.45) is 4.02. The molecule has 0 unspecified atom stereocenters. The van der Waals surface area contributed by atoms with Crippen molar-refractivity contribution >= 4 is 0 Å². The Balaban J connectivity index is 2.17. The minimum Gasteiger partial charge on any atom is -0.314 e. The predicted octanol–water partition coefficient (Wildman–Crippen LogP) is 2.11. The van der Waals surface area contributed by atoms with E-state index in [1.54, 1.807) is 0 Å². The molecule has 0 amide bonds. The standard InChI is InChI=1S/C12H26N2/c1-4-5-12(2,3)6-9-14-10-7-13-8-11-14/h13H,4-11H2,1-3H3. The van der Waals surface area contributed by atoms with Gasteiger partial charge in [-0.2, -0.15) is 0 Å². The topological polar surface area (TPSA) is 15.3 Å². The van der Waals surface area contributed by atoms with E-state index in [9.17, 15) is 0 Å². The number of hydrogen-bond acceptors (Lipinski definition) is 2. The minimum absolute atomic E-state index is 0.541. The van der Waals surface area contributed by atoms with E-state index >= 15 is 0 Å². The average Bonchev–Trinajstić information content (AvgIpc) is 2.17. The maximum Gasteiger partial charge on any atom is 0.0107 e. The van der Waals surface area contributed by atoms with Gasteiger partial charge in [0.1, 0.15) is 0 Å². The van der Waals surface area contributed by atoms with Crippen molar-refractivity contribution in [2.45, 2.75) is 40.0 Å². The van der Waals surface area contributed by atoms with Gasteiger partial charge in [0.15, 0.2) is 0 Å². The van der Waals surface area contributed by atoms with Crippen LogP contribution in [-0.2, 0) is 0 Å². The molecule has 2 heteroatoms. The van der Waals surface area contributed by atoms with Crippen LogP contribution in [0.2, 0.25) is 0 Å². The van der Waals surface area contributed by atoms with E-state index in [1.807, 2.05) is 0 Å². The molecule has 1 aliphatic rings. The van der Waals surface area contributed by atoms with Crippen molar-refractivity contribution in [3.8, 4) is 0 Å². The molecule has 84 valence electrons. The minimum atomic E-state index is 0.541. The van der Waals surface area contributed by atoms with Crippen molar-refractivity contribution < 1.29 is 0 Å². The molecule has 0 aromatic carbocycles. The molecule has 0 aliphatic carbocycles. The Morgan fingerprint density at radius 1 is 1.14 bits per heavy atom. The van der Waals surface area contributed by atoms with E-state index < -0.39 is 0 Å². The van der Waals surface area contributed by atoms with Crippen LogP contribution in [0.25, 0.3) is 0 Å². The molecule has 1 rings (SSSR count). The largest absolute Gasteiger partial charge is 0.314 e. The normalized spacial score (nSPS) is 19.9. The number of rotatable bonds is 5. The molecule has 0 bridgehead atoms. The van der Waals surface area contributed by atoms with Gasteiger partial charge in [0.05, 0.1) is 0 Å². The van der Waals surface area contributed by atoms with Crippen molar-refractivity contribution in [3.63, 3.8) is 0 Å². The lowest BCUT2D eigenvalue weighted by Crippen LogP contribution is -2.44. The Labute approximate surface area is 89.1 Å². The van der Waals surface area contributed by atoms with Gasteiger partial charge >= 0.3 is 0 Å². The first-order valence-corrected chi connectivity index (χ1v) is 6.07. The fraction of sp³-hybridized carbons (Fsp3) is 1.00. The van der Waals surface area contributed by atoms with Gasteiger partial charge in [-0.1, -0.05) is 27.2 Å². The molecule has 1 saturated heterocycles. The van der Waals surface area contributed by atoms with E-state index in [-0.39, 0.29) is 0 Å². The Kier molecular flexibility index (Phi) is 4.90. The third-order valence-electron chi connectivity index (χ3n) is 3.24. The number of piperazine rings is 1. The zero-order valence-electron chi connectivity index (χ0n) is 10.1. The summed E-state index contributed by atoms with van der Waals surface area (Å²) in [6.45, 7) is 13.2. The molecule has 0 aromatic heterocycles. The second-order valence-electron chi connectivity index (χ2n) is 5.26. The highest BCUT2D eigenvalue weighted by molar-refractivity contribution is 4.73. The lowest BCUT2D eigenvalue weighted by molar-refractivity contribution is 0.191. The molecule has 0 atom stereocenters. The molecular weight excluding hydrogens is 172 g/mol. The highest BCUT2D eigenvalue weighted by atomic mass is 15.2. The second kappa shape index (κ2) is 5.72. The number of hydrogen-bond donors (Lipinski definition) is 1. The summed E-state index contributed by atoms with van der Waals surface area (Å²) in [6, 6.07) is 0. The average molecular weight is 198 g/mol. The maximum atomic E-state index is 3.40. The van der Waals surface area contributed by atoms with Crippen LogP contribution in [-0.4, -0.2) is 37.6 Å². The summed E-state index contributed by atoms with van der Waals surface area (Å²) < 4.78 is 0. The van der Waals surface area contributed by atoms with Gasteiger partial charge in [-0.25, -0.2) is 0 Å². The van der Waals surface area contributed by atoms with Gasteiger partial charge in [-0.15, -0.1) is 0 Å². The summed E-state index contributed by atoms with van der Waals surface area (Å²) in [5.74, 6) is 0. The van der Waals surface area contributed by atoms with E-state index in [2.05, 4.69) is 31.0 Å². The van der Waals surface area contributed by atoms with Crippen LogP contribution in [0.15, 0.2) is 0 Å². The van der Waals surface area contributed by atoms with Crippen LogP contribution < -0.4 is 5.32 Å². The van der Waals surface area contributed by atoms with Gasteiger partial charge in [0.2, 0.25) is 0 Å². The van der Waals surface area contributed by atoms with Crippen LogP contribution in [0.4, 0.5) is 0 Å². The summed E-state index contributed by atoms with van der Waals surface area (Å²) >= 11 is 0. The highest BCUT2D eigenvalue weighted by Gasteiger charge is 2.18. The summed E-state index contributed by atoms with van der Waals surface area (Å²) in [7, 11) is 0. The van der Waals surface area contributed by atoms with E-state index in [1.165, 1.54) is 52.0 Å². The molecule has 1 heterocycles. The van der Waals surface area contributed by atoms with Crippen molar-refractivity contribution in [2.24, 2.45) is 5.41 Å². The first-order valence-electron chi connectivity index (χ1n) is 6.07. The molecule has 1 fully saturated rings. The molecule has 0 saturated carbocycles. The van der Waals surface area contributed by atoms with Crippen molar-refractivity contribution in [2.75, 3.05) is 32.7 Å². The highest BCUT2D eigenvalue weighted by Crippen LogP contribution is 2.26. The van der Waals surface area contributed by atoms with Crippen LogP contribution >= 0.6 is 0 Å². The van der Waals surface area contributed by atoms with Crippen LogP contribution in [0.1, 0.15) is 40.0 Å². The first kappa shape index (κ1) is 12.0. The van der Waals surface area contributed by atoms with Crippen molar-refractivity contribution in [1.29, 1.82) is 0 Å². The van der Waals surface area contributed by atoms with E-state index in [0.29, 0.717) is 5.41 Å². The molecule has 1 aliphatic heterocycles. The third-order valence-corrected chi connectivity index (χ3v) is 3.24. The fourth-order valence-corrected chi connectivity index (χ4v) is 2.20. The molecular formula is C12H26N2. The second-order valence-corrected chi connectivity index (χ2v) is 5.26. The zero-order chi connectivity index (χ0) is 10.4. The van der Waals surface area contributed by atoms with Crippen molar-refractivity contribution in [3.05, 3.63) is 0 Å². The lowest BCUT2D eigenvalue weighted by atomic mass is 9.84. The van der Waals surface area contributed by atoms with Crippen LogP contribution in [0, 0.1) is 5.41 Å². The molecule has 0 spiro atoms. The van der Waals surface area contributed by atoms with Gasteiger partial charge in [-0.05, 0) is 24.8 Å². The Bertz CT molecular complexity index is 148. The van der Waals surface area contributed by atoms with E-state index in [4.69, 9.17) is 0 Å². The molecule has 2 nitrogen and oxygen atoms in total. The zero-order valence-corrected chi connectivity index (χ0v) is 10.1. The first-order chi connectivity index (χ1) is 6.64. The predicted molar refractivity (Wildman–Crippen MR) is 62.6 cm³/mol. The lowest BCUT2D eigenvalue weighted by Gasteiger charge is -2.31. The van der Waals surface area contributed by atoms with Gasteiger partial charge < -0.3 is 10.2 Å². The summed E-state index contributed by atoms with van der Waals surface area (Å²) in [5.41, 5.74) is 0.541. The Morgan fingerprint density at radius 2 is 1.79 bits per heavy atom.